The van der Waals surface area contributed by atoms with Gasteiger partial charge in [-0.15, -0.1) is 0 Å². The molecule has 1 unspecified atom stereocenters. The smallest absolute Gasteiger partial charge is 0.326 e. The Hall–Kier alpha value is -1.89. The lowest BCUT2D eigenvalue weighted by molar-refractivity contribution is -0.141. The van der Waals surface area contributed by atoms with Gasteiger partial charge in [0, 0.05) is 24.5 Å². The van der Waals surface area contributed by atoms with Crippen molar-refractivity contribution in [1.29, 1.82) is 0 Å². The van der Waals surface area contributed by atoms with Gasteiger partial charge < -0.3 is 15.3 Å². The van der Waals surface area contributed by atoms with Crippen molar-refractivity contribution in [3.63, 3.8) is 0 Å². The molecule has 114 valence electrons. The maximum atomic E-state index is 12.5. The summed E-state index contributed by atoms with van der Waals surface area (Å²) in [5.41, 5.74) is 0.383. The maximum Gasteiger partial charge on any atom is 0.326 e. The minimum absolute atomic E-state index is 0.118. The first-order valence-corrected chi connectivity index (χ1v) is 7.16. The van der Waals surface area contributed by atoms with Gasteiger partial charge in [-0.3, -0.25) is 9.59 Å². The molecule has 2 N–H and O–H groups in total. The third-order valence-electron chi connectivity index (χ3n) is 2.92. The Morgan fingerprint density at radius 1 is 1.33 bits per heavy atom. The Kier molecular flexibility index (Phi) is 6.36. The van der Waals surface area contributed by atoms with E-state index in [-0.39, 0.29) is 19.0 Å². The van der Waals surface area contributed by atoms with Crippen molar-refractivity contribution in [2.45, 2.75) is 19.9 Å². The number of benzene rings is 1. The summed E-state index contributed by atoms with van der Waals surface area (Å²) < 4.78 is 0.595. The van der Waals surface area contributed by atoms with Gasteiger partial charge in [0.1, 0.15) is 6.04 Å². The number of aliphatic carboxylic acids is 1. The van der Waals surface area contributed by atoms with Crippen LogP contribution in [0, 0.1) is 0 Å². The highest BCUT2D eigenvalue weighted by atomic mass is 79.9. The zero-order valence-corrected chi connectivity index (χ0v) is 13.4. The van der Waals surface area contributed by atoms with E-state index in [4.69, 9.17) is 5.11 Å². The molecule has 1 aromatic rings. The Morgan fingerprint density at radius 3 is 2.48 bits per heavy atom. The molecule has 0 fully saturated rings. The lowest BCUT2D eigenvalue weighted by Gasteiger charge is -2.27. The van der Waals surface area contributed by atoms with Gasteiger partial charge >= 0.3 is 5.97 Å². The largest absolute Gasteiger partial charge is 0.480 e. The van der Waals surface area contributed by atoms with Gasteiger partial charge in [-0.05, 0) is 35.0 Å². The Bertz CT molecular complexity index is 548. The van der Waals surface area contributed by atoms with Gasteiger partial charge in [0.15, 0.2) is 0 Å². The van der Waals surface area contributed by atoms with Crippen LogP contribution in [-0.2, 0) is 9.59 Å². The number of amides is 2. The minimum Gasteiger partial charge on any atom is -0.480 e. The van der Waals surface area contributed by atoms with E-state index < -0.39 is 17.9 Å². The molecular weight excluding hydrogens is 340 g/mol. The van der Waals surface area contributed by atoms with Crippen LogP contribution in [-0.4, -0.2) is 46.9 Å². The third kappa shape index (κ3) is 4.86. The molecule has 21 heavy (non-hydrogen) atoms. The molecule has 0 radical (unpaired) electrons. The van der Waals surface area contributed by atoms with Crippen molar-refractivity contribution in [2.24, 2.45) is 0 Å². The lowest BCUT2D eigenvalue weighted by atomic mass is 10.1. The Morgan fingerprint density at radius 2 is 1.95 bits per heavy atom. The summed E-state index contributed by atoms with van der Waals surface area (Å²) in [5, 5.41) is 11.7. The standard InChI is InChI=1S/C14H17BrN2O4/c1-9(14(20)21)17(8-7-16-10(2)18)13(19)11-5-3-4-6-12(11)15/h3-6,9H,7-8H2,1-2H3,(H,16,18)(H,20,21). The number of halogens is 1. The van der Waals surface area contributed by atoms with Crippen molar-refractivity contribution < 1.29 is 19.5 Å². The van der Waals surface area contributed by atoms with Crippen LogP contribution in [0.25, 0.3) is 0 Å². The van der Waals surface area contributed by atoms with E-state index >= 15 is 0 Å². The highest BCUT2D eigenvalue weighted by Crippen LogP contribution is 2.19. The summed E-state index contributed by atoms with van der Waals surface area (Å²) in [5.74, 6) is -1.73. The maximum absolute atomic E-state index is 12.5. The molecular formula is C14H17BrN2O4. The molecule has 0 saturated heterocycles. The summed E-state index contributed by atoms with van der Waals surface area (Å²) in [6.45, 7) is 3.11. The predicted octanol–water partition coefficient (Wildman–Crippen LogP) is 1.50. The van der Waals surface area contributed by atoms with Crippen LogP contribution in [0.5, 0.6) is 0 Å². The fraction of sp³-hybridized carbons (Fsp3) is 0.357. The summed E-state index contributed by atoms with van der Waals surface area (Å²) in [7, 11) is 0. The average molecular weight is 357 g/mol. The quantitative estimate of drug-likeness (QED) is 0.808. The van der Waals surface area contributed by atoms with E-state index in [1.807, 2.05) is 0 Å². The zero-order chi connectivity index (χ0) is 16.0. The van der Waals surface area contributed by atoms with E-state index in [0.29, 0.717) is 10.0 Å². The number of carbonyl (C=O) groups excluding carboxylic acids is 2. The topological polar surface area (TPSA) is 86.7 Å². The number of carbonyl (C=O) groups is 3. The molecule has 0 spiro atoms. The van der Waals surface area contributed by atoms with Crippen LogP contribution in [0.2, 0.25) is 0 Å². The molecule has 0 saturated carbocycles. The summed E-state index contributed by atoms with van der Waals surface area (Å²) >= 11 is 3.28. The summed E-state index contributed by atoms with van der Waals surface area (Å²) in [6, 6.07) is 5.81. The molecule has 0 aromatic heterocycles. The van der Waals surface area contributed by atoms with Crippen LogP contribution in [0.1, 0.15) is 24.2 Å². The number of nitrogens with zero attached hydrogens (tertiary/aromatic N) is 1. The molecule has 0 aliphatic rings. The van der Waals surface area contributed by atoms with E-state index in [0.717, 1.165) is 0 Å². The second kappa shape index (κ2) is 7.78. The van der Waals surface area contributed by atoms with Crippen molar-refractivity contribution >= 4 is 33.7 Å². The Labute approximate surface area is 131 Å². The van der Waals surface area contributed by atoms with E-state index in [9.17, 15) is 14.4 Å². The third-order valence-corrected chi connectivity index (χ3v) is 3.61. The predicted molar refractivity (Wildman–Crippen MR) is 81.0 cm³/mol. The molecule has 0 heterocycles. The van der Waals surface area contributed by atoms with Crippen LogP contribution in [0.3, 0.4) is 0 Å². The van der Waals surface area contributed by atoms with Crippen molar-refractivity contribution in [2.75, 3.05) is 13.1 Å². The second-order valence-corrected chi connectivity index (χ2v) is 5.33. The highest BCUT2D eigenvalue weighted by Gasteiger charge is 2.27. The molecule has 0 aliphatic heterocycles. The fourth-order valence-corrected chi connectivity index (χ4v) is 2.20. The second-order valence-electron chi connectivity index (χ2n) is 4.48. The highest BCUT2D eigenvalue weighted by molar-refractivity contribution is 9.10. The first-order chi connectivity index (χ1) is 9.84. The number of rotatable bonds is 6. The van der Waals surface area contributed by atoms with Gasteiger partial charge in [0.05, 0.1) is 5.56 Å². The van der Waals surface area contributed by atoms with Crippen LogP contribution in [0.4, 0.5) is 0 Å². The van der Waals surface area contributed by atoms with Crippen LogP contribution in [0.15, 0.2) is 28.7 Å². The minimum atomic E-state index is -1.10. The molecule has 0 aliphatic carbocycles. The molecule has 1 aromatic carbocycles. The van der Waals surface area contributed by atoms with E-state index in [2.05, 4.69) is 21.2 Å². The average Bonchev–Trinajstić information content (AvgIpc) is 2.42. The van der Waals surface area contributed by atoms with Crippen LogP contribution < -0.4 is 5.32 Å². The first kappa shape index (κ1) is 17.2. The van der Waals surface area contributed by atoms with Gasteiger partial charge in [-0.2, -0.15) is 0 Å². The number of hydrogen-bond acceptors (Lipinski definition) is 3. The summed E-state index contributed by atoms with van der Waals surface area (Å²) in [6.07, 6.45) is 0. The monoisotopic (exact) mass is 356 g/mol. The Balaban J connectivity index is 2.95. The molecule has 6 nitrogen and oxygen atoms in total. The number of carboxylic acid groups (broad SMARTS) is 1. The summed E-state index contributed by atoms with van der Waals surface area (Å²) in [4.78, 5) is 35.8. The fourth-order valence-electron chi connectivity index (χ4n) is 1.75. The van der Waals surface area contributed by atoms with Gasteiger partial charge in [-0.1, -0.05) is 12.1 Å². The van der Waals surface area contributed by atoms with E-state index in [1.165, 1.54) is 18.7 Å². The number of nitrogens with one attached hydrogen (secondary N) is 1. The normalized spacial score (nSPS) is 11.6. The van der Waals surface area contributed by atoms with Crippen LogP contribution >= 0.6 is 15.9 Å². The molecule has 1 atom stereocenters. The van der Waals surface area contributed by atoms with Crippen molar-refractivity contribution in [3.8, 4) is 0 Å². The van der Waals surface area contributed by atoms with Gasteiger partial charge in [0.25, 0.3) is 5.91 Å². The lowest BCUT2D eigenvalue weighted by Crippen LogP contribution is -2.46. The van der Waals surface area contributed by atoms with E-state index in [1.54, 1.807) is 24.3 Å². The van der Waals surface area contributed by atoms with Gasteiger partial charge in [0.2, 0.25) is 5.91 Å². The number of hydrogen-bond donors (Lipinski definition) is 2. The first-order valence-electron chi connectivity index (χ1n) is 6.37. The number of carboxylic acids is 1. The molecule has 0 bridgehead atoms. The zero-order valence-electron chi connectivity index (χ0n) is 11.8. The SMILES string of the molecule is CC(=O)NCCN(C(=O)c1ccccc1Br)C(C)C(=O)O. The van der Waals surface area contributed by atoms with Crippen molar-refractivity contribution in [3.05, 3.63) is 34.3 Å². The molecule has 1 rings (SSSR count). The van der Waals surface area contributed by atoms with Crippen molar-refractivity contribution in [1.82, 2.24) is 10.2 Å². The van der Waals surface area contributed by atoms with Gasteiger partial charge in [-0.25, -0.2) is 4.79 Å². The molecule has 7 heteroatoms. The molecule has 2 amide bonds.